The van der Waals surface area contributed by atoms with Gasteiger partial charge in [0.15, 0.2) is 5.16 Å². The summed E-state index contributed by atoms with van der Waals surface area (Å²) in [7, 11) is 3.29. The van der Waals surface area contributed by atoms with Crippen LogP contribution in [0.5, 0.6) is 0 Å². The molecule has 20 heavy (non-hydrogen) atoms. The molecule has 1 heterocycles. The normalized spacial score (nSPS) is 10.3. The van der Waals surface area contributed by atoms with Gasteiger partial charge in [-0.2, -0.15) is 0 Å². The third kappa shape index (κ3) is 5.15. The van der Waals surface area contributed by atoms with Crippen LogP contribution < -0.4 is 16.4 Å². The van der Waals surface area contributed by atoms with E-state index in [0.717, 1.165) is 0 Å². The van der Waals surface area contributed by atoms with Crippen LogP contribution >= 0.6 is 11.8 Å². The summed E-state index contributed by atoms with van der Waals surface area (Å²) in [6.07, 6.45) is 0. The molecule has 1 aromatic rings. The number of imide groups is 1. The molecule has 0 radical (unpaired) electrons. The van der Waals surface area contributed by atoms with Gasteiger partial charge in [0.2, 0.25) is 5.91 Å². The lowest BCUT2D eigenvalue weighted by atomic mass is 10.6. The van der Waals surface area contributed by atoms with Crippen molar-refractivity contribution in [3.8, 4) is 0 Å². The van der Waals surface area contributed by atoms with Crippen LogP contribution in [0.2, 0.25) is 0 Å². The van der Waals surface area contributed by atoms with Crippen molar-refractivity contribution in [3.63, 3.8) is 0 Å². The third-order valence-electron chi connectivity index (χ3n) is 2.28. The van der Waals surface area contributed by atoms with Gasteiger partial charge in [-0.1, -0.05) is 11.8 Å². The van der Waals surface area contributed by atoms with E-state index in [1.54, 1.807) is 11.6 Å². The summed E-state index contributed by atoms with van der Waals surface area (Å²) >= 11 is 1.18. The number of carbonyl (C=O) groups excluding carboxylic acids is 2. The molecule has 112 valence electrons. The van der Waals surface area contributed by atoms with Crippen molar-refractivity contribution in [1.82, 2.24) is 25.4 Å². The molecule has 0 unspecified atom stereocenters. The zero-order chi connectivity index (χ0) is 15.0. The minimum atomic E-state index is -0.548. The average molecular weight is 302 g/mol. The number of carbonyl (C=O) groups is 2. The first-order valence-corrected chi connectivity index (χ1v) is 6.84. The fourth-order valence-corrected chi connectivity index (χ4v) is 1.98. The van der Waals surface area contributed by atoms with Gasteiger partial charge in [0.1, 0.15) is 5.82 Å². The van der Waals surface area contributed by atoms with Gasteiger partial charge in [-0.15, -0.1) is 10.2 Å². The van der Waals surface area contributed by atoms with Crippen molar-refractivity contribution in [1.29, 1.82) is 0 Å². The van der Waals surface area contributed by atoms with Crippen molar-refractivity contribution in [2.24, 2.45) is 12.8 Å². The number of ether oxygens (including phenoxy) is 1. The number of amides is 3. The summed E-state index contributed by atoms with van der Waals surface area (Å²) in [5, 5.41) is 13.0. The molecule has 0 aromatic carbocycles. The van der Waals surface area contributed by atoms with Gasteiger partial charge in [-0.3, -0.25) is 10.1 Å². The number of thioether (sulfide) groups is 1. The molecule has 0 aliphatic carbocycles. The number of hydrogen-bond acceptors (Lipinski definition) is 7. The van der Waals surface area contributed by atoms with Crippen molar-refractivity contribution in [3.05, 3.63) is 5.82 Å². The van der Waals surface area contributed by atoms with Gasteiger partial charge in [-0.25, -0.2) is 4.79 Å². The Bertz CT molecular complexity index is 464. The third-order valence-corrected chi connectivity index (χ3v) is 3.30. The molecule has 0 spiro atoms. The van der Waals surface area contributed by atoms with Gasteiger partial charge < -0.3 is 20.4 Å². The second-order valence-electron chi connectivity index (χ2n) is 3.75. The Hall–Kier alpha value is -1.65. The largest absolute Gasteiger partial charge is 0.383 e. The van der Waals surface area contributed by atoms with Gasteiger partial charge in [0.05, 0.1) is 18.9 Å². The van der Waals surface area contributed by atoms with Crippen LogP contribution in [0.25, 0.3) is 0 Å². The maximum absolute atomic E-state index is 11.5. The summed E-state index contributed by atoms with van der Waals surface area (Å²) in [6, 6.07) is -0.548. The van der Waals surface area contributed by atoms with E-state index in [0.29, 0.717) is 24.1 Å². The van der Waals surface area contributed by atoms with Gasteiger partial charge in [0, 0.05) is 20.7 Å². The minimum absolute atomic E-state index is 0.0637. The minimum Gasteiger partial charge on any atom is -0.383 e. The SMILES string of the molecule is COCCNC(=O)NC(=O)CSc1nnc(CN)n1C. The molecule has 4 N–H and O–H groups in total. The lowest BCUT2D eigenvalue weighted by molar-refractivity contribution is -0.117. The smallest absolute Gasteiger partial charge is 0.321 e. The molecule has 0 aliphatic rings. The van der Waals surface area contributed by atoms with Crippen LogP contribution in [0.4, 0.5) is 4.79 Å². The first-order chi connectivity index (χ1) is 9.58. The van der Waals surface area contributed by atoms with E-state index in [4.69, 9.17) is 10.5 Å². The molecule has 0 aliphatic heterocycles. The van der Waals surface area contributed by atoms with E-state index in [-0.39, 0.29) is 12.3 Å². The number of nitrogens with one attached hydrogen (secondary N) is 2. The van der Waals surface area contributed by atoms with Crippen LogP contribution in [0, 0.1) is 0 Å². The summed E-state index contributed by atoms with van der Waals surface area (Å²) in [5.74, 6) is 0.279. The molecular weight excluding hydrogens is 284 g/mol. The first-order valence-electron chi connectivity index (χ1n) is 5.86. The molecule has 0 fully saturated rings. The first kappa shape index (κ1) is 16.4. The molecule has 1 rings (SSSR count). The summed E-state index contributed by atoms with van der Waals surface area (Å²) in [4.78, 5) is 22.8. The predicted octanol–water partition coefficient (Wildman–Crippen LogP) is -1.16. The topological polar surface area (TPSA) is 124 Å². The second kappa shape index (κ2) is 8.51. The quantitative estimate of drug-likeness (QED) is 0.428. The second-order valence-corrected chi connectivity index (χ2v) is 4.69. The Morgan fingerprint density at radius 2 is 2.20 bits per heavy atom. The van der Waals surface area contributed by atoms with Gasteiger partial charge >= 0.3 is 6.03 Å². The standard InChI is InChI=1S/C10H18N6O3S/c1-16-7(5-11)14-15-10(16)20-6-8(17)13-9(18)12-3-4-19-2/h3-6,11H2,1-2H3,(H2,12,13,17,18). The van der Waals surface area contributed by atoms with Crippen LogP contribution in [0.15, 0.2) is 5.16 Å². The monoisotopic (exact) mass is 302 g/mol. The lowest BCUT2D eigenvalue weighted by Gasteiger charge is -2.06. The highest BCUT2D eigenvalue weighted by molar-refractivity contribution is 7.99. The number of aromatic nitrogens is 3. The van der Waals surface area contributed by atoms with Gasteiger partial charge in [0.25, 0.3) is 0 Å². The highest BCUT2D eigenvalue weighted by Gasteiger charge is 2.12. The fraction of sp³-hybridized carbons (Fsp3) is 0.600. The highest BCUT2D eigenvalue weighted by atomic mass is 32.2. The molecule has 0 saturated heterocycles. The summed E-state index contributed by atoms with van der Waals surface area (Å²) in [6.45, 7) is 1.00. The maximum atomic E-state index is 11.5. The molecule has 0 saturated carbocycles. The van der Waals surface area contributed by atoms with Crippen LogP contribution in [-0.2, 0) is 23.1 Å². The molecule has 1 aromatic heterocycles. The zero-order valence-corrected chi connectivity index (χ0v) is 12.2. The van der Waals surface area contributed by atoms with E-state index < -0.39 is 11.9 Å². The molecule has 10 heteroatoms. The zero-order valence-electron chi connectivity index (χ0n) is 11.4. The van der Waals surface area contributed by atoms with E-state index in [1.165, 1.54) is 18.9 Å². The number of rotatable bonds is 7. The van der Waals surface area contributed by atoms with E-state index in [2.05, 4.69) is 20.8 Å². The number of hydrogen-bond donors (Lipinski definition) is 3. The number of urea groups is 1. The van der Waals surface area contributed by atoms with Crippen molar-refractivity contribution < 1.29 is 14.3 Å². The van der Waals surface area contributed by atoms with Crippen LogP contribution in [-0.4, -0.2) is 52.7 Å². The molecular formula is C10H18N6O3S. The summed E-state index contributed by atoms with van der Waals surface area (Å²) in [5.41, 5.74) is 5.47. The molecule has 9 nitrogen and oxygen atoms in total. The number of methoxy groups -OCH3 is 1. The Morgan fingerprint density at radius 1 is 1.45 bits per heavy atom. The van der Waals surface area contributed by atoms with E-state index >= 15 is 0 Å². The molecule has 0 atom stereocenters. The van der Waals surface area contributed by atoms with E-state index in [9.17, 15) is 9.59 Å². The lowest BCUT2D eigenvalue weighted by Crippen LogP contribution is -2.41. The van der Waals surface area contributed by atoms with E-state index in [1.807, 2.05) is 0 Å². The Labute approximate surface area is 120 Å². The Kier molecular flexibility index (Phi) is 6.98. The fourth-order valence-electron chi connectivity index (χ4n) is 1.25. The molecule has 3 amide bonds. The van der Waals surface area contributed by atoms with Crippen molar-refractivity contribution in [2.75, 3.05) is 26.0 Å². The number of nitrogens with two attached hydrogens (primary N) is 1. The van der Waals surface area contributed by atoms with Crippen LogP contribution in [0.3, 0.4) is 0 Å². The molecule has 0 bridgehead atoms. The summed E-state index contributed by atoms with van der Waals surface area (Å²) < 4.78 is 6.47. The van der Waals surface area contributed by atoms with Crippen molar-refractivity contribution >= 4 is 23.7 Å². The highest BCUT2D eigenvalue weighted by Crippen LogP contribution is 2.14. The van der Waals surface area contributed by atoms with Crippen molar-refractivity contribution in [2.45, 2.75) is 11.7 Å². The maximum Gasteiger partial charge on any atom is 0.321 e. The predicted molar refractivity (Wildman–Crippen MR) is 73.0 cm³/mol. The Morgan fingerprint density at radius 3 is 2.80 bits per heavy atom. The number of nitrogens with zero attached hydrogens (tertiary/aromatic N) is 3. The van der Waals surface area contributed by atoms with Gasteiger partial charge in [-0.05, 0) is 0 Å². The average Bonchev–Trinajstić information content (AvgIpc) is 2.77. The van der Waals surface area contributed by atoms with Crippen LogP contribution in [0.1, 0.15) is 5.82 Å². The Balaban J connectivity index is 2.32.